The zero-order chi connectivity index (χ0) is 16.8. The van der Waals surface area contributed by atoms with Crippen LogP contribution in [0.3, 0.4) is 0 Å². The fourth-order valence-corrected chi connectivity index (χ4v) is 2.19. The lowest BCUT2D eigenvalue weighted by molar-refractivity contribution is -0.114. The lowest BCUT2D eigenvalue weighted by atomic mass is 10.1. The minimum Gasteiger partial charge on any atom is -0.376 e. The minimum atomic E-state index is -0.145. The van der Waals surface area contributed by atoms with E-state index in [1.807, 2.05) is 13.1 Å². The van der Waals surface area contributed by atoms with Crippen LogP contribution in [0, 0.1) is 17.2 Å². The van der Waals surface area contributed by atoms with E-state index in [0.29, 0.717) is 17.3 Å². The molecule has 0 saturated carbocycles. The molecule has 0 fully saturated rings. The van der Waals surface area contributed by atoms with Crippen LogP contribution in [0.1, 0.15) is 25.1 Å². The quantitative estimate of drug-likeness (QED) is 0.859. The zero-order valence-corrected chi connectivity index (χ0v) is 13.6. The Morgan fingerprint density at radius 2 is 2.04 bits per heavy atom. The Hall–Kier alpha value is -2.81. The van der Waals surface area contributed by atoms with Crippen molar-refractivity contribution < 1.29 is 4.79 Å². The van der Waals surface area contributed by atoms with Crippen molar-refractivity contribution in [3.8, 4) is 6.07 Å². The number of nitrogens with one attached hydrogen (secondary N) is 2. The van der Waals surface area contributed by atoms with Gasteiger partial charge in [0, 0.05) is 18.8 Å². The van der Waals surface area contributed by atoms with E-state index >= 15 is 0 Å². The Morgan fingerprint density at radius 3 is 2.65 bits per heavy atom. The highest BCUT2D eigenvalue weighted by atomic mass is 16.2. The second kappa shape index (κ2) is 7.45. The number of amides is 1. The first-order valence-corrected chi connectivity index (χ1v) is 7.54. The van der Waals surface area contributed by atoms with Gasteiger partial charge in [-0.15, -0.1) is 0 Å². The molecule has 0 atom stereocenters. The van der Waals surface area contributed by atoms with Crippen LogP contribution in [0.5, 0.6) is 0 Å². The van der Waals surface area contributed by atoms with Gasteiger partial charge in [-0.1, -0.05) is 13.8 Å². The fourth-order valence-electron chi connectivity index (χ4n) is 2.19. The maximum atomic E-state index is 12.0. The van der Waals surface area contributed by atoms with Crippen molar-refractivity contribution in [1.29, 1.82) is 5.26 Å². The van der Waals surface area contributed by atoms with E-state index in [1.165, 1.54) is 0 Å². The smallest absolute Gasteiger partial charge is 0.244 e. The molecule has 1 heterocycles. The maximum absolute atomic E-state index is 12.0. The SMILES string of the molecule is CC(C)Cc1cc(NC(=O)CNc2ccc(C#N)cc2)n(C)n1. The molecule has 0 aliphatic carbocycles. The number of benzene rings is 1. The van der Waals surface area contributed by atoms with Crippen molar-refractivity contribution in [3.05, 3.63) is 41.6 Å². The van der Waals surface area contributed by atoms with Gasteiger partial charge in [-0.25, -0.2) is 0 Å². The zero-order valence-electron chi connectivity index (χ0n) is 13.6. The number of nitrogens with zero attached hydrogens (tertiary/aromatic N) is 3. The van der Waals surface area contributed by atoms with E-state index in [2.05, 4.69) is 35.6 Å². The van der Waals surface area contributed by atoms with Gasteiger partial charge in [-0.3, -0.25) is 9.48 Å². The molecule has 2 rings (SSSR count). The number of carbonyl (C=O) groups excluding carboxylic acids is 1. The number of hydrogen-bond donors (Lipinski definition) is 2. The van der Waals surface area contributed by atoms with Gasteiger partial charge in [-0.2, -0.15) is 10.4 Å². The number of carbonyl (C=O) groups is 1. The van der Waals surface area contributed by atoms with E-state index in [-0.39, 0.29) is 12.5 Å². The number of nitriles is 1. The number of anilines is 2. The fraction of sp³-hybridized carbons (Fsp3) is 0.353. The molecule has 0 aliphatic heterocycles. The Morgan fingerprint density at radius 1 is 1.35 bits per heavy atom. The maximum Gasteiger partial charge on any atom is 0.244 e. The van der Waals surface area contributed by atoms with Crippen LogP contribution in [0.15, 0.2) is 30.3 Å². The average molecular weight is 311 g/mol. The third kappa shape index (κ3) is 4.85. The predicted molar refractivity (Wildman–Crippen MR) is 90.0 cm³/mol. The molecule has 0 saturated heterocycles. The minimum absolute atomic E-state index is 0.145. The Labute approximate surface area is 136 Å². The molecule has 2 N–H and O–H groups in total. The summed E-state index contributed by atoms with van der Waals surface area (Å²) in [7, 11) is 1.81. The molecule has 0 radical (unpaired) electrons. The summed E-state index contributed by atoms with van der Waals surface area (Å²) in [6, 6.07) is 10.9. The van der Waals surface area contributed by atoms with Crippen LogP contribution < -0.4 is 10.6 Å². The third-order valence-corrected chi connectivity index (χ3v) is 3.28. The van der Waals surface area contributed by atoms with E-state index in [9.17, 15) is 4.79 Å². The van der Waals surface area contributed by atoms with E-state index < -0.39 is 0 Å². The summed E-state index contributed by atoms with van der Waals surface area (Å²) >= 11 is 0. The lowest BCUT2D eigenvalue weighted by Gasteiger charge is -2.07. The van der Waals surface area contributed by atoms with Crippen molar-refractivity contribution in [2.24, 2.45) is 13.0 Å². The lowest BCUT2D eigenvalue weighted by Crippen LogP contribution is -2.23. The van der Waals surface area contributed by atoms with Crippen LogP contribution in [0.2, 0.25) is 0 Å². The molecule has 0 spiro atoms. The van der Waals surface area contributed by atoms with Crippen molar-refractivity contribution in [1.82, 2.24) is 9.78 Å². The van der Waals surface area contributed by atoms with Crippen LogP contribution in [0.25, 0.3) is 0 Å². The molecule has 1 aromatic heterocycles. The van der Waals surface area contributed by atoms with Gasteiger partial charge in [-0.05, 0) is 36.6 Å². The Balaban J connectivity index is 1.89. The molecule has 2 aromatic rings. The number of aryl methyl sites for hydroxylation is 1. The topological polar surface area (TPSA) is 82.7 Å². The van der Waals surface area contributed by atoms with Crippen LogP contribution in [-0.2, 0) is 18.3 Å². The summed E-state index contributed by atoms with van der Waals surface area (Å²) in [6.07, 6.45) is 0.882. The highest BCUT2D eigenvalue weighted by Gasteiger charge is 2.09. The highest BCUT2D eigenvalue weighted by Crippen LogP contribution is 2.13. The molecule has 0 bridgehead atoms. The van der Waals surface area contributed by atoms with Crippen LogP contribution in [0.4, 0.5) is 11.5 Å². The molecule has 23 heavy (non-hydrogen) atoms. The van der Waals surface area contributed by atoms with Crippen molar-refractivity contribution >= 4 is 17.4 Å². The summed E-state index contributed by atoms with van der Waals surface area (Å²) in [6.45, 7) is 4.42. The average Bonchev–Trinajstić information content (AvgIpc) is 2.84. The van der Waals surface area contributed by atoms with Gasteiger partial charge < -0.3 is 10.6 Å². The highest BCUT2D eigenvalue weighted by molar-refractivity contribution is 5.93. The Bertz CT molecular complexity index is 710. The number of rotatable bonds is 6. The van der Waals surface area contributed by atoms with Crippen LogP contribution >= 0.6 is 0 Å². The summed E-state index contributed by atoms with van der Waals surface area (Å²) < 4.78 is 1.68. The predicted octanol–water partition coefficient (Wildman–Crippen LogP) is 2.54. The molecule has 0 unspecified atom stereocenters. The summed E-state index contributed by atoms with van der Waals surface area (Å²) in [5.74, 6) is 1.06. The molecule has 1 aromatic carbocycles. The monoisotopic (exact) mass is 311 g/mol. The first-order chi connectivity index (χ1) is 11.0. The summed E-state index contributed by atoms with van der Waals surface area (Å²) in [5.41, 5.74) is 2.36. The Kier molecular flexibility index (Phi) is 5.36. The molecule has 120 valence electrons. The number of aromatic nitrogens is 2. The third-order valence-electron chi connectivity index (χ3n) is 3.28. The van der Waals surface area contributed by atoms with Gasteiger partial charge in [0.1, 0.15) is 5.82 Å². The van der Waals surface area contributed by atoms with Crippen molar-refractivity contribution in [2.75, 3.05) is 17.2 Å². The first kappa shape index (κ1) is 16.6. The summed E-state index contributed by atoms with van der Waals surface area (Å²) in [5, 5.41) is 19.0. The second-order valence-electron chi connectivity index (χ2n) is 5.83. The van der Waals surface area contributed by atoms with Gasteiger partial charge in [0.05, 0.1) is 23.9 Å². The molecular formula is C17H21N5O. The first-order valence-electron chi connectivity index (χ1n) is 7.54. The molecule has 6 nitrogen and oxygen atoms in total. The molecule has 6 heteroatoms. The van der Waals surface area contributed by atoms with Crippen LogP contribution in [-0.4, -0.2) is 22.2 Å². The van der Waals surface area contributed by atoms with E-state index in [1.54, 1.807) is 28.9 Å². The van der Waals surface area contributed by atoms with Gasteiger partial charge in [0.25, 0.3) is 0 Å². The van der Waals surface area contributed by atoms with Gasteiger partial charge in [0.2, 0.25) is 5.91 Å². The standard InChI is InChI=1S/C17H21N5O/c1-12(2)8-15-9-16(22(3)21-15)20-17(23)11-19-14-6-4-13(10-18)5-7-14/h4-7,9,12,19H,8,11H2,1-3H3,(H,20,23). The molecule has 0 aliphatic rings. The largest absolute Gasteiger partial charge is 0.376 e. The van der Waals surface area contributed by atoms with E-state index in [0.717, 1.165) is 17.8 Å². The normalized spacial score (nSPS) is 10.4. The number of hydrogen-bond acceptors (Lipinski definition) is 4. The van der Waals surface area contributed by atoms with Crippen molar-refractivity contribution in [3.63, 3.8) is 0 Å². The van der Waals surface area contributed by atoms with Crippen molar-refractivity contribution in [2.45, 2.75) is 20.3 Å². The van der Waals surface area contributed by atoms with E-state index in [4.69, 9.17) is 5.26 Å². The van der Waals surface area contributed by atoms with Gasteiger partial charge in [0.15, 0.2) is 0 Å². The summed E-state index contributed by atoms with van der Waals surface area (Å²) in [4.78, 5) is 12.0. The second-order valence-corrected chi connectivity index (χ2v) is 5.83. The molecular weight excluding hydrogens is 290 g/mol. The van der Waals surface area contributed by atoms with Gasteiger partial charge >= 0.3 is 0 Å². The molecule has 1 amide bonds.